The molecule has 0 amide bonds. The van der Waals surface area contributed by atoms with Crippen LogP contribution in [0, 0.1) is 17.0 Å². The Balaban J connectivity index is 2.31. The molecule has 31 heavy (non-hydrogen) atoms. The molecule has 0 saturated carbocycles. The number of aryl methyl sites for hydroxylation is 2. The number of hydrogen-bond acceptors (Lipinski definition) is 7. The Morgan fingerprint density at radius 2 is 2.00 bits per heavy atom. The van der Waals surface area contributed by atoms with Crippen LogP contribution < -0.4 is 5.43 Å². The summed E-state index contributed by atoms with van der Waals surface area (Å²) in [6.45, 7) is 8.50. The SMILES string of the molecule is CCCCn1nc(C)c(/C=N/Nc2ccc(S(=O)(=O)N(CC)CC)cc2[N+](=O)[O-])c1Cl. The fourth-order valence-electron chi connectivity index (χ4n) is 2.97. The van der Waals surface area contributed by atoms with Crippen LogP contribution in [0.5, 0.6) is 0 Å². The number of sulfonamides is 1. The zero-order valence-electron chi connectivity index (χ0n) is 18.0. The monoisotopic (exact) mass is 470 g/mol. The fraction of sp³-hybridized carbons (Fsp3) is 0.474. The number of aromatic nitrogens is 2. The Labute approximate surface area is 187 Å². The number of nitro groups is 1. The lowest BCUT2D eigenvalue weighted by Gasteiger charge is -2.18. The van der Waals surface area contributed by atoms with E-state index < -0.39 is 20.6 Å². The maximum Gasteiger partial charge on any atom is 0.295 e. The van der Waals surface area contributed by atoms with Crippen molar-refractivity contribution in [3.63, 3.8) is 0 Å². The number of halogens is 1. The quantitative estimate of drug-likeness (QED) is 0.300. The van der Waals surface area contributed by atoms with Crippen molar-refractivity contribution >= 4 is 39.2 Å². The first-order chi connectivity index (χ1) is 14.7. The number of anilines is 1. The topological polar surface area (TPSA) is 123 Å². The van der Waals surface area contributed by atoms with Crippen LogP contribution in [-0.2, 0) is 16.6 Å². The van der Waals surface area contributed by atoms with Gasteiger partial charge in [-0.25, -0.2) is 8.42 Å². The Hall–Kier alpha value is -2.50. The Morgan fingerprint density at radius 1 is 1.32 bits per heavy atom. The highest BCUT2D eigenvalue weighted by Crippen LogP contribution is 2.29. The Kier molecular flexibility index (Phi) is 8.54. The number of nitro benzene ring substituents is 1. The van der Waals surface area contributed by atoms with E-state index in [2.05, 4.69) is 22.5 Å². The number of benzene rings is 1. The van der Waals surface area contributed by atoms with E-state index in [4.69, 9.17) is 11.6 Å². The summed E-state index contributed by atoms with van der Waals surface area (Å²) >= 11 is 6.36. The highest BCUT2D eigenvalue weighted by molar-refractivity contribution is 7.89. The van der Waals surface area contributed by atoms with Crippen molar-refractivity contribution < 1.29 is 13.3 Å². The smallest absolute Gasteiger partial charge is 0.272 e. The van der Waals surface area contributed by atoms with Gasteiger partial charge in [0.2, 0.25) is 10.0 Å². The fourth-order valence-corrected chi connectivity index (χ4v) is 4.75. The van der Waals surface area contributed by atoms with Crippen molar-refractivity contribution in [1.29, 1.82) is 0 Å². The number of nitrogens with one attached hydrogen (secondary N) is 1. The minimum absolute atomic E-state index is 0.0619. The van der Waals surface area contributed by atoms with Gasteiger partial charge in [-0.3, -0.25) is 20.2 Å². The molecular weight excluding hydrogens is 444 g/mol. The third-order valence-electron chi connectivity index (χ3n) is 4.72. The summed E-state index contributed by atoms with van der Waals surface area (Å²) in [5.74, 6) is 0. The van der Waals surface area contributed by atoms with E-state index in [9.17, 15) is 18.5 Å². The summed E-state index contributed by atoms with van der Waals surface area (Å²) in [4.78, 5) is 10.7. The maximum absolute atomic E-state index is 12.7. The van der Waals surface area contributed by atoms with Gasteiger partial charge >= 0.3 is 0 Å². The molecule has 0 aliphatic heterocycles. The molecule has 0 spiro atoms. The minimum Gasteiger partial charge on any atom is -0.272 e. The number of nitrogens with zero attached hydrogens (tertiary/aromatic N) is 5. The van der Waals surface area contributed by atoms with Crippen LogP contribution in [0.3, 0.4) is 0 Å². The van der Waals surface area contributed by atoms with E-state index in [1.807, 2.05) is 0 Å². The molecule has 1 aromatic carbocycles. The van der Waals surface area contributed by atoms with Gasteiger partial charge in [0.25, 0.3) is 5.69 Å². The molecule has 2 aromatic rings. The van der Waals surface area contributed by atoms with Gasteiger partial charge in [-0.2, -0.15) is 14.5 Å². The first-order valence-electron chi connectivity index (χ1n) is 9.97. The molecule has 0 bridgehead atoms. The van der Waals surface area contributed by atoms with Crippen LogP contribution in [0.1, 0.15) is 44.9 Å². The van der Waals surface area contributed by atoms with Gasteiger partial charge in [0.05, 0.1) is 27.3 Å². The number of hydrogen-bond donors (Lipinski definition) is 1. The molecule has 0 radical (unpaired) electrons. The molecule has 12 heteroatoms. The van der Waals surface area contributed by atoms with E-state index >= 15 is 0 Å². The molecule has 0 unspecified atom stereocenters. The molecular formula is C19H27ClN6O4S. The van der Waals surface area contributed by atoms with Gasteiger partial charge in [0.1, 0.15) is 10.8 Å². The molecule has 0 atom stereocenters. The van der Waals surface area contributed by atoms with Crippen molar-refractivity contribution in [3.05, 3.63) is 44.7 Å². The molecule has 0 fully saturated rings. The molecule has 2 rings (SSSR count). The van der Waals surface area contributed by atoms with Gasteiger partial charge in [0.15, 0.2) is 0 Å². The summed E-state index contributed by atoms with van der Waals surface area (Å²) in [6.07, 6.45) is 3.38. The zero-order chi connectivity index (χ0) is 23.2. The summed E-state index contributed by atoms with van der Waals surface area (Å²) in [6, 6.07) is 3.68. The minimum atomic E-state index is -3.82. The molecule has 0 saturated heterocycles. The van der Waals surface area contributed by atoms with Crippen LogP contribution in [0.25, 0.3) is 0 Å². The summed E-state index contributed by atoms with van der Waals surface area (Å²) in [5.41, 5.74) is 3.56. The lowest BCUT2D eigenvalue weighted by atomic mass is 10.3. The van der Waals surface area contributed by atoms with Gasteiger partial charge in [-0.15, -0.1) is 0 Å². The maximum atomic E-state index is 12.7. The molecule has 170 valence electrons. The van der Waals surface area contributed by atoms with Crippen LogP contribution >= 0.6 is 11.6 Å². The molecule has 1 heterocycles. The van der Waals surface area contributed by atoms with Crippen molar-refractivity contribution in [3.8, 4) is 0 Å². The van der Waals surface area contributed by atoms with Crippen molar-refractivity contribution in [2.75, 3.05) is 18.5 Å². The Bertz CT molecular complexity index is 1060. The third-order valence-corrected chi connectivity index (χ3v) is 7.17. The van der Waals surface area contributed by atoms with Crippen molar-refractivity contribution in [2.45, 2.75) is 52.0 Å². The van der Waals surface area contributed by atoms with E-state index in [1.54, 1.807) is 25.5 Å². The average molecular weight is 471 g/mol. The number of rotatable bonds is 11. The molecule has 1 N–H and O–H groups in total. The highest BCUT2D eigenvalue weighted by atomic mass is 35.5. The van der Waals surface area contributed by atoms with Crippen LogP contribution in [0.2, 0.25) is 5.15 Å². The second-order valence-corrected chi connectivity index (χ2v) is 9.06. The van der Waals surface area contributed by atoms with E-state index in [-0.39, 0.29) is 23.7 Å². The summed E-state index contributed by atoms with van der Waals surface area (Å²) in [5, 5.41) is 20.4. The molecule has 0 aliphatic rings. The van der Waals surface area contributed by atoms with Crippen molar-refractivity contribution in [1.82, 2.24) is 14.1 Å². The van der Waals surface area contributed by atoms with Crippen molar-refractivity contribution in [2.24, 2.45) is 5.10 Å². The predicted molar refractivity (Wildman–Crippen MR) is 121 cm³/mol. The van der Waals surface area contributed by atoms with E-state index in [0.717, 1.165) is 18.9 Å². The highest BCUT2D eigenvalue weighted by Gasteiger charge is 2.25. The summed E-state index contributed by atoms with van der Waals surface area (Å²) in [7, 11) is -3.82. The molecule has 10 nitrogen and oxygen atoms in total. The predicted octanol–water partition coefficient (Wildman–Crippen LogP) is 4.03. The lowest BCUT2D eigenvalue weighted by Crippen LogP contribution is -2.30. The number of hydrazone groups is 1. The summed E-state index contributed by atoms with van der Waals surface area (Å²) < 4.78 is 28.2. The Morgan fingerprint density at radius 3 is 2.58 bits per heavy atom. The largest absolute Gasteiger partial charge is 0.295 e. The lowest BCUT2D eigenvalue weighted by molar-refractivity contribution is -0.384. The van der Waals surface area contributed by atoms with E-state index in [0.29, 0.717) is 23.0 Å². The van der Waals surface area contributed by atoms with Gasteiger partial charge in [0, 0.05) is 25.7 Å². The normalized spacial score (nSPS) is 12.1. The second-order valence-electron chi connectivity index (χ2n) is 6.76. The van der Waals surface area contributed by atoms with Gasteiger partial charge in [-0.05, 0) is 25.5 Å². The average Bonchev–Trinajstić information content (AvgIpc) is 3.00. The van der Waals surface area contributed by atoms with Gasteiger partial charge in [-0.1, -0.05) is 38.8 Å². The molecule has 1 aromatic heterocycles. The van der Waals surface area contributed by atoms with Crippen LogP contribution in [0.15, 0.2) is 28.2 Å². The van der Waals surface area contributed by atoms with Crippen LogP contribution in [0.4, 0.5) is 11.4 Å². The first kappa shape index (κ1) is 24.8. The standard InChI is InChI=1S/C19H27ClN6O4S/c1-5-8-11-25-19(20)16(14(4)23-25)13-21-22-17-10-9-15(12-18(17)26(27)28)31(29,30)24(6-2)7-3/h9-10,12-13,22H,5-8,11H2,1-4H3/b21-13+. The second kappa shape index (κ2) is 10.7. The molecule has 0 aliphatic carbocycles. The zero-order valence-corrected chi connectivity index (χ0v) is 19.6. The third kappa shape index (κ3) is 5.60. The number of unbranched alkanes of at least 4 members (excludes halogenated alkanes) is 1. The first-order valence-corrected chi connectivity index (χ1v) is 11.8. The van der Waals surface area contributed by atoms with Gasteiger partial charge < -0.3 is 0 Å². The van der Waals surface area contributed by atoms with Crippen LogP contribution in [-0.4, -0.2) is 46.7 Å². The van der Waals surface area contributed by atoms with E-state index in [1.165, 1.54) is 22.7 Å².